The van der Waals surface area contributed by atoms with E-state index < -0.39 is 0 Å². The normalized spacial score (nSPS) is 24.9. The second-order valence-electron chi connectivity index (χ2n) is 5.49. The number of pyridine rings is 1. The summed E-state index contributed by atoms with van der Waals surface area (Å²) >= 11 is 0. The molecule has 1 atom stereocenters. The highest BCUT2D eigenvalue weighted by atomic mass is 15.0. The summed E-state index contributed by atoms with van der Waals surface area (Å²) in [6.45, 7) is 3.42. The molecule has 2 aromatic rings. The standard InChI is InChI=1S/C16H20N2/c1-16(9-5-2-6-10-18-16)14-11-13-7-3-4-8-15(13)17-12-14/h3-4,7-8,11-12,18H,2,5-6,9-10H2,1H3. The lowest BCUT2D eigenvalue weighted by molar-refractivity contribution is 0.359. The molecule has 2 heteroatoms. The van der Waals surface area contributed by atoms with Gasteiger partial charge in [-0.15, -0.1) is 0 Å². The first kappa shape index (κ1) is 11.7. The lowest BCUT2D eigenvalue weighted by Crippen LogP contribution is -2.38. The minimum Gasteiger partial charge on any atom is -0.308 e. The quantitative estimate of drug-likeness (QED) is 0.823. The average Bonchev–Trinajstić information content (AvgIpc) is 2.64. The smallest absolute Gasteiger partial charge is 0.0702 e. The van der Waals surface area contributed by atoms with Crippen molar-refractivity contribution >= 4 is 10.9 Å². The van der Waals surface area contributed by atoms with Crippen LogP contribution < -0.4 is 5.32 Å². The first-order valence-electron chi connectivity index (χ1n) is 6.88. The Morgan fingerprint density at radius 2 is 2.06 bits per heavy atom. The lowest BCUT2D eigenvalue weighted by Gasteiger charge is -2.30. The average molecular weight is 240 g/mol. The van der Waals surface area contributed by atoms with Crippen molar-refractivity contribution in [2.75, 3.05) is 6.54 Å². The van der Waals surface area contributed by atoms with E-state index in [2.05, 4.69) is 41.5 Å². The van der Waals surface area contributed by atoms with Crippen LogP contribution in [-0.2, 0) is 5.54 Å². The van der Waals surface area contributed by atoms with E-state index in [1.807, 2.05) is 12.3 Å². The van der Waals surface area contributed by atoms with E-state index in [9.17, 15) is 0 Å². The molecule has 1 aromatic carbocycles. The van der Waals surface area contributed by atoms with E-state index in [1.165, 1.54) is 36.6 Å². The summed E-state index contributed by atoms with van der Waals surface area (Å²) in [4.78, 5) is 4.59. The molecular weight excluding hydrogens is 220 g/mol. The predicted octanol–water partition coefficient (Wildman–Crippen LogP) is 3.61. The number of hydrogen-bond donors (Lipinski definition) is 1. The van der Waals surface area contributed by atoms with Gasteiger partial charge >= 0.3 is 0 Å². The molecule has 0 radical (unpaired) electrons. The molecule has 0 saturated carbocycles. The molecule has 0 amide bonds. The van der Waals surface area contributed by atoms with Gasteiger partial charge in [-0.25, -0.2) is 0 Å². The summed E-state index contributed by atoms with van der Waals surface area (Å²) < 4.78 is 0. The van der Waals surface area contributed by atoms with Crippen molar-refractivity contribution in [2.24, 2.45) is 0 Å². The second kappa shape index (κ2) is 4.69. The van der Waals surface area contributed by atoms with Gasteiger partial charge in [-0.3, -0.25) is 4.98 Å². The van der Waals surface area contributed by atoms with Crippen LogP contribution in [-0.4, -0.2) is 11.5 Å². The van der Waals surface area contributed by atoms with Crippen LogP contribution in [0.5, 0.6) is 0 Å². The lowest BCUT2D eigenvalue weighted by atomic mass is 9.88. The summed E-state index contributed by atoms with van der Waals surface area (Å²) in [7, 11) is 0. The second-order valence-corrected chi connectivity index (χ2v) is 5.49. The molecule has 1 saturated heterocycles. The van der Waals surface area contributed by atoms with Gasteiger partial charge in [-0.05, 0) is 44.0 Å². The largest absolute Gasteiger partial charge is 0.308 e. The Hall–Kier alpha value is -1.41. The Kier molecular flexibility index (Phi) is 3.04. The molecule has 1 aromatic heterocycles. The molecule has 2 nitrogen and oxygen atoms in total. The fourth-order valence-electron chi connectivity index (χ4n) is 2.85. The highest BCUT2D eigenvalue weighted by Crippen LogP contribution is 2.30. The Morgan fingerprint density at radius 3 is 3.00 bits per heavy atom. The van der Waals surface area contributed by atoms with E-state index >= 15 is 0 Å². The molecular formula is C16H20N2. The van der Waals surface area contributed by atoms with E-state index in [1.54, 1.807) is 0 Å². The van der Waals surface area contributed by atoms with Gasteiger partial charge in [0.1, 0.15) is 0 Å². The topological polar surface area (TPSA) is 24.9 Å². The first-order valence-corrected chi connectivity index (χ1v) is 6.88. The molecule has 94 valence electrons. The van der Waals surface area contributed by atoms with Gasteiger partial charge in [0.2, 0.25) is 0 Å². The van der Waals surface area contributed by atoms with Gasteiger partial charge in [0.15, 0.2) is 0 Å². The van der Waals surface area contributed by atoms with Crippen molar-refractivity contribution in [3.63, 3.8) is 0 Å². The van der Waals surface area contributed by atoms with Gasteiger partial charge < -0.3 is 5.32 Å². The highest BCUT2D eigenvalue weighted by Gasteiger charge is 2.27. The number of nitrogens with zero attached hydrogens (tertiary/aromatic N) is 1. The van der Waals surface area contributed by atoms with Gasteiger partial charge in [0.25, 0.3) is 0 Å². The molecule has 2 heterocycles. The van der Waals surface area contributed by atoms with E-state index in [-0.39, 0.29) is 5.54 Å². The molecule has 1 aliphatic heterocycles. The summed E-state index contributed by atoms with van der Waals surface area (Å²) in [5.41, 5.74) is 2.50. The molecule has 1 aliphatic rings. The SMILES string of the molecule is CC1(c2cnc3ccccc3c2)CCCCCN1. The molecule has 18 heavy (non-hydrogen) atoms. The highest BCUT2D eigenvalue weighted by molar-refractivity contribution is 5.78. The molecule has 0 aliphatic carbocycles. The number of fused-ring (bicyclic) bond motifs is 1. The molecule has 3 rings (SSSR count). The van der Waals surface area contributed by atoms with Crippen molar-refractivity contribution in [2.45, 2.75) is 38.1 Å². The number of aromatic nitrogens is 1. The maximum Gasteiger partial charge on any atom is 0.0702 e. The Bertz CT molecular complexity index is 540. The monoisotopic (exact) mass is 240 g/mol. The zero-order valence-electron chi connectivity index (χ0n) is 10.9. The Balaban J connectivity index is 2.02. The van der Waals surface area contributed by atoms with Gasteiger partial charge in [0, 0.05) is 17.1 Å². The minimum atomic E-state index is 0.0908. The zero-order valence-corrected chi connectivity index (χ0v) is 10.9. The van der Waals surface area contributed by atoms with Crippen LogP contribution in [0.2, 0.25) is 0 Å². The van der Waals surface area contributed by atoms with Crippen LogP contribution in [0.3, 0.4) is 0 Å². The zero-order chi connectivity index (χ0) is 12.4. The van der Waals surface area contributed by atoms with Crippen LogP contribution in [0.25, 0.3) is 10.9 Å². The van der Waals surface area contributed by atoms with Crippen molar-refractivity contribution in [3.8, 4) is 0 Å². The molecule has 1 N–H and O–H groups in total. The number of para-hydroxylation sites is 1. The van der Waals surface area contributed by atoms with Crippen LogP contribution >= 0.6 is 0 Å². The summed E-state index contributed by atoms with van der Waals surface area (Å²) in [5.74, 6) is 0. The third-order valence-corrected chi connectivity index (χ3v) is 4.10. The fourth-order valence-corrected chi connectivity index (χ4v) is 2.85. The number of hydrogen-bond acceptors (Lipinski definition) is 2. The number of rotatable bonds is 1. The van der Waals surface area contributed by atoms with Crippen molar-refractivity contribution < 1.29 is 0 Å². The summed E-state index contributed by atoms with van der Waals surface area (Å²) in [5, 5.41) is 4.94. The van der Waals surface area contributed by atoms with Gasteiger partial charge in [0.05, 0.1) is 5.52 Å². The van der Waals surface area contributed by atoms with E-state index in [0.29, 0.717) is 0 Å². The van der Waals surface area contributed by atoms with Crippen molar-refractivity contribution in [1.29, 1.82) is 0 Å². The predicted molar refractivity (Wildman–Crippen MR) is 75.6 cm³/mol. The van der Waals surface area contributed by atoms with Crippen molar-refractivity contribution in [3.05, 3.63) is 42.1 Å². The first-order chi connectivity index (χ1) is 8.78. The third-order valence-electron chi connectivity index (χ3n) is 4.10. The van der Waals surface area contributed by atoms with Crippen LogP contribution in [0, 0.1) is 0 Å². The third kappa shape index (κ3) is 2.13. The summed E-state index contributed by atoms with van der Waals surface area (Å²) in [6.07, 6.45) is 7.17. The Morgan fingerprint density at radius 1 is 1.17 bits per heavy atom. The Labute approximate surface area is 108 Å². The van der Waals surface area contributed by atoms with Gasteiger partial charge in [-0.1, -0.05) is 31.0 Å². The van der Waals surface area contributed by atoms with Crippen LogP contribution in [0.15, 0.2) is 36.5 Å². The molecule has 1 fully saturated rings. The number of benzene rings is 1. The van der Waals surface area contributed by atoms with Gasteiger partial charge in [-0.2, -0.15) is 0 Å². The summed E-state index contributed by atoms with van der Waals surface area (Å²) in [6, 6.07) is 10.6. The fraction of sp³-hybridized carbons (Fsp3) is 0.438. The maximum atomic E-state index is 4.59. The minimum absolute atomic E-state index is 0.0908. The van der Waals surface area contributed by atoms with Crippen LogP contribution in [0.4, 0.5) is 0 Å². The molecule has 1 unspecified atom stereocenters. The van der Waals surface area contributed by atoms with Crippen molar-refractivity contribution in [1.82, 2.24) is 10.3 Å². The van der Waals surface area contributed by atoms with E-state index in [0.717, 1.165) is 12.1 Å². The molecule has 0 spiro atoms. The maximum absolute atomic E-state index is 4.59. The van der Waals surface area contributed by atoms with E-state index in [4.69, 9.17) is 0 Å². The number of nitrogens with one attached hydrogen (secondary N) is 1. The molecule has 0 bridgehead atoms. The van der Waals surface area contributed by atoms with Crippen LogP contribution in [0.1, 0.15) is 38.2 Å².